The van der Waals surface area contributed by atoms with Gasteiger partial charge in [-0.1, -0.05) is 20.8 Å². The van der Waals surface area contributed by atoms with Gasteiger partial charge in [0.1, 0.15) is 5.76 Å². The maximum absolute atomic E-state index is 12.5. The molecule has 2 unspecified atom stereocenters. The van der Waals surface area contributed by atoms with Gasteiger partial charge >= 0.3 is 0 Å². The Morgan fingerprint density at radius 2 is 2.10 bits per heavy atom. The molecule has 1 aliphatic rings. The predicted octanol–water partition coefficient (Wildman–Crippen LogP) is 2.06. The molecule has 2 atom stereocenters. The third kappa shape index (κ3) is 3.24. The van der Waals surface area contributed by atoms with E-state index in [1.54, 1.807) is 16.4 Å². The summed E-state index contributed by atoms with van der Waals surface area (Å²) in [4.78, 5) is 0. The van der Waals surface area contributed by atoms with Gasteiger partial charge in [-0.2, -0.15) is 4.31 Å². The molecule has 2 heterocycles. The SMILES string of the molecule is CCNCc1ccc(S(=O)(=O)N2CCC(C)C(C)C2)o1. The molecule has 1 saturated heterocycles. The van der Waals surface area contributed by atoms with Gasteiger partial charge in [0.25, 0.3) is 10.0 Å². The Hall–Kier alpha value is -0.850. The van der Waals surface area contributed by atoms with E-state index >= 15 is 0 Å². The minimum Gasteiger partial charge on any atom is -0.447 e. The summed E-state index contributed by atoms with van der Waals surface area (Å²) < 4.78 is 32.1. The second kappa shape index (κ2) is 6.28. The van der Waals surface area contributed by atoms with Crippen molar-refractivity contribution < 1.29 is 12.8 Å². The molecule has 1 aromatic rings. The van der Waals surface area contributed by atoms with Gasteiger partial charge in [0.05, 0.1) is 6.54 Å². The molecular formula is C14H24N2O3S. The molecule has 0 amide bonds. The Bertz CT molecular complexity index is 538. The molecule has 20 heavy (non-hydrogen) atoms. The fraction of sp³-hybridized carbons (Fsp3) is 0.714. The molecule has 0 aromatic carbocycles. The Kier molecular flexibility index (Phi) is 4.88. The van der Waals surface area contributed by atoms with E-state index in [1.165, 1.54) is 0 Å². The van der Waals surface area contributed by atoms with Crippen LogP contribution in [0.25, 0.3) is 0 Å². The predicted molar refractivity (Wildman–Crippen MR) is 77.8 cm³/mol. The van der Waals surface area contributed by atoms with E-state index in [4.69, 9.17) is 4.42 Å². The zero-order chi connectivity index (χ0) is 14.8. The average molecular weight is 300 g/mol. The zero-order valence-corrected chi connectivity index (χ0v) is 13.2. The van der Waals surface area contributed by atoms with Crippen molar-refractivity contribution in [3.05, 3.63) is 17.9 Å². The average Bonchev–Trinajstić information content (AvgIpc) is 2.89. The number of sulfonamides is 1. The zero-order valence-electron chi connectivity index (χ0n) is 12.4. The highest BCUT2D eigenvalue weighted by atomic mass is 32.2. The van der Waals surface area contributed by atoms with Crippen LogP contribution in [0, 0.1) is 11.8 Å². The molecular weight excluding hydrogens is 276 g/mol. The first-order chi connectivity index (χ1) is 9.45. The van der Waals surface area contributed by atoms with Crippen molar-refractivity contribution in [3.8, 4) is 0 Å². The summed E-state index contributed by atoms with van der Waals surface area (Å²) in [5, 5.41) is 3.18. The first-order valence-electron chi connectivity index (χ1n) is 7.24. The van der Waals surface area contributed by atoms with Crippen LogP contribution in [0.4, 0.5) is 0 Å². The number of nitrogens with zero attached hydrogens (tertiary/aromatic N) is 1. The van der Waals surface area contributed by atoms with Gasteiger partial charge in [0.2, 0.25) is 5.09 Å². The van der Waals surface area contributed by atoms with Crippen LogP contribution in [-0.2, 0) is 16.6 Å². The third-order valence-electron chi connectivity index (χ3n) is 4.08. The van der Waals surface area contributed by atoms with E-state index in [-0.39, 0.29) is 5.09 Å². The summed E-state index contributed by atoms with van der Waals surface area (Å²) in [5.41, 5.74) is 0. The lowest BCUT2D eigenvalue weighted by molar-refractivity contribution is 0.209. The summed E-state index contributed by atoms with van der Waals surface area (Å²) in [6, 6.07) is 3.29. The highest BCUT2D eigenvalue weighted by molar-refractivity contribution is 7.89. The smallest absolute Gasteiger partial charge is 0.276 e. The van der Waals surface area contributed by atoms with Crippen LogP contribution < -0.4 is 5.32 Å². The van der Waals surface area contributed by atoms with Crippen molar-refractivity contribution in [2.24, 2.45) is 11.8 Å². The van der Waals surface area contributed by atoms with E-state index < -0.39 is 10.0 Å². The lowest BCUT2D eigenvalue weighted by Crippen LogP contribution is -2.42. The fourth-order valence-electron chi connectivity index (χ4n) is 2.41. The molecule has 0 saturated carbocycles. The molecule has 1 aromatic heterocycles. The minimum absolute atomic E-state index is 0.0622. The number of rotatable bonds is 5. The first kappa shape index (κ1) is 15.5. The van der Waals surface area contributed by atoms with Crippen molar-refractivity contribution in [1.82, 2.24) is 9.62 Å². The standard InChI is InChI=1S/C14H24N2O3S/c1-4-15-9-13-5-6-14(19-13)20(17,18)16-8-7-11(2)12(3)10-16/h5-6,11-12,15H,4,7-10H2,1-3H3. The topological polar surface area (TPSA) is 62.6 Å². The molecule has 1 aliphatic heterocycles. The molecule has 0 bridgehead atoms. The first-order valence-corrected chi connectivity index (χ1v) is 8.68. The van der Waals surface area contributed by atoms with Crippen LogP contribution in [0.1, 0.15) is 33.0 Å². The van der Waals surface area contributed by atoms with Gasteiger partial charge in [0.15, 0.2) is 0 Å². The summed E-state index contributed by atoms with van der Waals surface area (Å²) >= 11 is 0. The van der Waals surface area contributed by atoms with Crippen LogP contribution in [0.5, 0.6) is 0 Å². The van der Waals surface area contributed by atoms with E-state index in [2.05, 4.69) is 19.2 Å². The number of piperidine rings is 1. The molecule has 2 rings (SSSR count). The Morgan fingerprint density at radius 1 is 1.35 bits per heavy atom. The van der Waals surface area contributed by atoms with Gasteiger partial charge in [-0.15, -0.1) is 0 Å². The van der Waals surface area contributed by atoms with Gasteiger partial charge in [-0.05, 0) is 36.9 Å². The molecule has 1 fully saturated rings. The van der Waals surface area contributed by atoms with Crippen LogP contribution in [0.15, 0.2) is 21.6 Å². The van der Waals surface area contributed by atoms with E-state index in [0.29, 0.717) is 37.2 Å². The highest BCUT2D eigenvalue weighted by Crippen LogP contribution is 2.28. The van der Waals surface area contributed by atoms with Crippen LogP contribution in [0.2, 0.25) is 0 Å². The molecule has 6 heteroatoms. The lowest BCUT2D eigenvalue weighted by Gasteiger charge is -2.33. The molecule has 1 N–H and O–H groups in total. The van der Waals surface area contributed by atoms with Crippen molar-refractivity contribution in [2.75, 3.05) is 19.6 Å². The van der Waals surface area contributed by atoms with E-state index in [0.717, 1.165) is 13.0 Å². The summed E-state index contributed by atoms with van der Waals surface area (Å²) in [6.07, 6.45) is 0.908. The molecule has 114 valence electrons. The van der Waals surface area contributed by atoms with E-state index in [9.17, 15) is 8.42 Å². The van der Waals surface area contributed by atoms with Gasteiger partial charge in [-0.25, -0.2) is 8.42 Å². The maximum Gasteiger partial charge on any atom is 0.276 e. The van der Waals surface area contributed by atoms with Crippen molar-refractivity contribution in [2.45, 2.75) is 38.8 Å². The van der Waals surface area contributed by atoms with Crippen molar-refractivity contribution >= 4 is 10.0 Å². The number of hydrogen-bond donors (Lipinski definition) is 1. The van der Waals surface area contributed by atoms with Gasteiger partial charge in [0, 0.05) is 13.1 Å². The monoisotopic (exact) mass is 300 g/mol. The maximum atomic E-state index is 12.5. The number of hydrogen-bond acceptors (Lipinski definition) is 4. The fourth-order valence-corrected chi connectivity index (χ4v) is 3.89. The second-order valence-corrected chi connectivity index (χ2v) is 7.48. The second-order valence-electron chi connectivity index (χ2n) is 5.61. The largest absolute Gasteiger partial charge is 0.447 e. The molecule has 0 radical (unpaired) electrons. The van der Waals surface area contributed by atoms with Crippen molar-refractivity contribution in [1.29, 1.82) is 0 Å². The highest BCUT2D eigenvalue weighted by Gasteiger charge is 2.33. The normalized spacial score (nSPS) is 24.9. The summed E-state index contributed by atoms with van der Waals surface area (Å²) in [7, 11) is -3.48. The number of nitrogens with one attached hydrogen (secondary N) is 1. The van der Waals surface area contributed by atoms with Crippen LogP contribution in [0.3, 0.4) is 0 Å². The Morgan fingerprint density at radius 3 is 2.75 bits per heavy atom. The third-order valence-corrected chi connectivity index (χ3v) is 5.82. The molecule has 0 spiro atoms. The number of furan rings is 1. The summed E-state index contributed by atoms with van der Waals surface area (Å²) in [6.45, 7) is 8.81. The van der Waals surface area contributed by atoms with E-state index in [1.807, 2.05) is 6.92 Å². The summed E-state index contributed by atoms with van der Waals surface area (Å²) in [5.74, 6) is 1.61. The van der Waals surface area contributed by atoms with Gasteiger partial charge < -0.3 is 9.73 Å². The van der Waals surface area contributed by atoms with Crippen LogP contribution in [-0.4, -0.2) is 32.4 Å². The minimum atomic E-state index is -3.48. The van der Waals surface area contributed by atoms with Crippen LogP contribution >= 0.6 is 0 Å². The lowest BCUT2D eigenvalue weighted by atomic mass is 9.90. The Balaban J connectivity index is 2.12. The quantitative estimate of drug-likeness (QED) is 0.904. The van der Waals surface area contributed by atoms with Crippen molar-refractivity contribution in [3.63, 3.8) is 0 Å². The van der Waals surface area contributed by atoms with Gasteiger partial charge in [-0.3, -0.25) is 0 Å². The molecule has 5 nitrogen and oxygen atoms in total. The molecule has 0 aliphatic carbocycles. The Labute approximate surface area is 121 Å².